The van der Waals surface area contributed by atoms with Crippen molar-refractivity contribution in [3.63, 3.8) is 0 Å². The van der Waals surface area contributed by atoms with E-state index in [1.165, 1.54) is 44.6 Å². The van der Waals surface area contributed by atoms with E-state index in [1.807, 2.05) is 0 Å². The Labute approximate surface area is 106 Å². The lowest BCUT2D eigenvalue weighted by atomic mass is 10.1. The second-order valence-electron chi connectivity index (χ2n) is 4.71. The second-order valence-corrected chi connectivity index (χ2v) is 6.20. The van der Waals surface area contributed by atoms with Crippen molar-refractivity contribution in [3.8, 4) is 0 Å². The average molecular weight is 244 g/mol. The van der Waals surface area contributed by atoms with E-state index >= 15 is 0 Å². The molecule has 2 atom stereocenters. The lowest BCUT2D eigenvalue weighted by Crippen LogP contribution is -2.43. The number of nitrogens with zero attached hydrogens (tertiary/aromatic N) is 1. The van der Waals surface area contributed by atoms with Crippen molar-refractivity contribution in [2.45, 2.75) is 51.3 Å². The summed E-state index contributed by atoms with van der Waals surface area (Å²) >= 11 is 2.12. The summed E-state index contributed by atoms with van der Waals surface area (Å²) in [6, 6.07) is 0.749. The van der Waals surface area contributed by atoms with Gasteiger partial charge in [0.05, 0.1) is 0 Å². The molecule has 0 aromatic rings. The molecule has 0 spiro atoms. The smallest absolute Gasteiger partial charge is 0.0184 e. The average Bonchev–Trinajstić information content (AvgIpc) is 2.30. The minimum Gasteiger partial charge on any atom is -0.312 e. The van der Waals surface area contributed by atoms with Gasteiger partial charge in [0.1, 0.15) is 0 Å². The van der Waals surface area contributed by atoms with E-state index in [1.54, 1.807) is 0 Å². The molecule has 1 aliphatic heterocycles. The molecule has 1 fully saturated rings. The number of thioether (sulfide) groups is 1. The molecule has 0 aromatic carbocycles. The molecule has 2 unspecified atom stereocenters. The molecule has 0 amide bonds. The van der Waals surface area contributed by atoms with Crippen molar-refractivity contribution in [1.29, 1.82) is 0 Å². The predicted molar refractivity (Wildman–Crippen MR) is 75.3 cm³/mol. The van der Waals surface area contributed by atoms with Gasteiger partial charge in [-0.1, -0.05) is 20.8 Å². The molecule has 1 rings (SSSR count). The molecular weight excluding hydrogens is 216 g/mol. The van der Waals surface area contributed by atoms with E-state index in [4.69, 9.17) is 0 Å². The first-order valence-corrected chi connectivity index (χ1v) is 7.90. The van der Waals surface area contributed by atoms with Crippen molar-refractivity contribution in [2.75, 3.05) is 31.9 Å². The normalized spacial score (nSPS) is 26.2. The molecule has 1 N–H and O–H groups in total. The monoisotopic (exact) mass is 244 g/mol. The van der Waals surface area contributed by atoms with Gasteiger partial charge >= 0.3 is 0 Å². The highest BCUT2D eigenvalue weighted by Gasteiger charge is 2.20. The van der Waals surface area contributed by atoms with Gasteiger partial charge in [0.15, 0.2) is 0 Å². The molecule has 0 saturated carbocycles. The maximum atomic E-state index is 3.73. The van der Waals surface area contributed by atoms with Crippen LogP contribution in [0.2, 0.25) is 0 Å². The molecule has 0 aliphatic carbocycles. The topological polar surface area (TPSA) is 15.3 Å². The zero-order valence-corrected chi connectivity index (χ0v) is 12.0. The van der Waals surface area contributed by atoms with E-state index in [-0.39, 0.29) is 0 Å². The third-order valence-corrected chi connectivity index (χ3v) is 4.81. The van der Waals surface area contributed by atoms with Gasteiger partial charge in [-0.2, -0.15) is 11.8 Å². The number of hydrogen-bond acceptors (Lipinski definition) is 3. The Morgan fingerprint density at radius 2 is 2.12 bits per heavy atom. The third-order valence-electron chi connectivity index (χ3n) is 3.43. The first-order chi connectivity index (χ1) is 7.77. The van der Waals surface area contributed by atoms with Crippen LogP contribution in [0.25, 0.3) is 0 Å². The maximum Gasteiger partial charge on any atom is 0.0184 e. The Bertz CT molecular complexity index is 175. The fourth-order valence-corrected chi connectivity index (χ4v) is 3.51. The van der Waals surface area contributed by atoms with Crippen LogP contribution >= 0.6 is 11.8 Å². The summed E-state index contributed by atoms with van der Waals surface area (Å²) in [6.07, 6.45) is 4.02. The summed E-state index contributed by atoms with van der Waals surface area (Å²) < 4.78 is 0. The summed E-state index contributed by atoms with van der Waals surface area (Å²) in [7, 11) is 0. The quantitative estimate of drug-likeness (QED) is 0.741. The van der Waals surface area contributed by atoms with Crippen molar-refractivity contribution in [2.24, 2.45) is 0 Å². The van der Waals surface area contributed by atoms with Crippen molar-refractivity contribution in [1.82, 2.24) is 10.2 Å². The number of rotatable bonds is 7. The second kappa shape index (κ2) is 8.37. The first kappa shape index (κ1) is 14.3. The Balaban J connectivity index is 2.13. The molecule has 1 aliphatic rings. The Morgan fingerprint density at radius 1 is 1.31 bits per heavy atom. The van der Waals surface area contributed by atoms with E-state index in [2.05, 4.69) is 42.7 Å². The van der Waals surface area contributed by atoms with Gasteiger partial charge in [-0.25, -0.2) is 0 Å². The zero-order valence-electron chi connectivity index (χ0n) is 11.2. The number of likely N-dealkylation sites (N-methyl/N-ethyl adjacent to an activating group) is 1. The molecule has 96 valence electrons. The molecule has 3 heteroatoms. The minimum atomic E-state index is 0.749. The van der Waals surface area contributed by atoms with E-state index in [0.717, 1.165) is 17.8 Å². The van der Waals surface area contributed by atoms with Crippen LogP contribution in [0, 0.1) is 0 Å². The van der Waals surface area contributed by atoms with Crippen molar-refractivity contribution < 1.29 is 0 Å². The standard InChI is InChI=1S/C13H28N2S/c1-4-9-15(5-2)10-8-14-13-7-6-11-16-12(13)3/h12-14H,4-11H2,1-3H3. The van der Waals surface area contributed by atoms with E-state index < -0.39 is 0 Å². The molecule has 0 bridgehead atoms. The van der Waals surface area contributed by atoms with Gasteiger partial charge in [-0.3, -0.25) is 0 Å². The van der Waals surface area contributed by atoms with Gasteiger partial charge in [0, 0.05) is 24.4 Å². The summed E-state index contributed by atoms with van der Waals surface area (Å²) in [4.78, 5) is 2.54. The van der Waals surface area contributed by atoms with Gasteiger partial charge in [0.2, 0.25) is 0 Å². The zero-order chi connectivity index (χ0) is 11.8. The van der Waals surface area contributed by atoms with Crippen molar-refractivity contribution in [3.05, 3.63) is 0 Å². The SMILES string of the molecule is CCCN(CC)CCNC1CCCSC1C. The summed E-state index contributed by atoms with van der Waals surface area (Å²) in [5, 5.41) is 4.53. The fourth-order valence-electron chi connectivity index (χ4n) is 2.34. The minimum absolute atomic E-state index is 0.749. The third kappa shape index (κ3) is 5.07. The van der Waals surface area contributed by atoms with Crippen LogP contribution in [0.15, 0.2) is 0 Å². The maximum absolute atomic E-state index is 3.73. The molecule has 0 radical (unpaired) electrons. The van der Waals surface area contributed by atoms with Crippen LogP contribution in [-0.4, -0.2) is 48.1 Å². The van der Waals surface area contributed by atoms with Crippen LogP contribution in [0.4, 0.5) is 0 Å². The van der Waals surface area contributed by atoms with Gasteiger partial charge < -0.3 is 10.2 Å². The molecule has 1 saturated heterocycles. The largest absolute Gasteiger partial charge is 0.312 e. The molecule has 0 aromatic heterocycles. The molecule has 2 nitrogen and oxygen atoms in total. The van der Waals surface area contributed by atoms with Gasteiger partial charge in [-0.05, 0) is 38.1 Å². The predicted octanol–water partition coefficient (Wildman–Crippen LogP) is 2.59. The number of nitrogens with one attached hydrogen (secondary N) is 1. The summed E-state index contributed by atoms with van der Waals surface area (Å²) in [6.45, 7) is 11.7. The van der Waals surface area contributed by atoms with Gasteiger partial charge in [-0.15, -0.1) is 0 Å². The number of hydrogen-bond donors (Lipinski definition) is 1. The highest BCUT2D eigenvalue weighted by Crippen LogP contribution is 2.24. The van der Waals surface area contributed by atoms with E-state index in [0.29, 0.717) is 0 Å². The lowest BCUT2D eigenvalue weighted by molar-refractivity contribution is 0.280. The highest BCUT2D eigenvalue weighted by molar-refractivity contribution is 7.99. The van der Waals surface area contributed by atoms with Crippen molar-refractivity contribution >= 4 is 11.8 Å². The molecular formula is C13H28N2S. The Kier molecular flexibility index (Phi) is 7.50. The summed E-state index contributed by atoms with van der Waals surface area (Å²) in [5.74, 6) is 1.36. The Hall–Kier alpha value is 0.270. The van der Waals surface area contributed by atoms with Gasteiger partial charge in [0.25, 0.3) is 0 Å². The van der Waals surface area contributed by atoms with Crippen LogP contribution in [0.1, 0.15) is 40.0 Å². The fraction of sp³-hybridized carbons (Fsp3) is 1.00. The first-order valence-electron chi connectivity index (χ1n) is 6.85. The Morgan fingerprint density at radius 3 is 2.75 bits per heavy atom. The summed E-state index contributed by atoms with van der Waals surface area (Å²) in [5.41, 5.74) is 0. The molecule has 16 heavy (non-hydrogen) atoms. The highest BCUT2D eigenvalue weighted by atomic mass is 32.2. The van der Waals surface area contributed by atoms with Crippen LogP contribution < -0.4 is 5.32 Å². The lowest BCUT2D eigenvalue weighted by Gasteiger charge is -2.30. The van der Waals surface area contributed by atoms with Crippen LogP contribution in [-0.2, 0) is 0 Å². The van der Waals surface area contributed by atoms with Crippen LogP contribution in [0.3, 0.4) is 0 Å². The van der Waals surface area contributed by atoms with Crippen LogP contribution in [0.5, 0.6) is 0 Å². The molecule has 1 heterocycles. The van der Waals surface area contributed by atoms with E-state index in [9.17, 15) is 0 Å².